The Morgan fingerprint density at radius 2 is 1.88 bits per heavy atom. The highest BCUT2D eigenvalue weighted by molar-refractivity contribution is 7.90. The fraction of sp³-hybridized carbons (Fsp3) is 0.476. The number of rotatable bonds is 8. The number of Topliss-reactive ketones (excluding diaryl/α,β-unsaturated/α-hetero) is 1. The minimum atomic E-state index is -4.06. The third-order valence-corrected chi connectivity index (χ3v) is 6.80. The van der Waals surface area contributed by atoms with Crippen LogP contribution < -0.4 is 10.1 Å². The van der Waals surface area contributed by atoms with Crippen LogP contribution in [0.15, 0.2) is 34.0 Å². The van der Waals surface area contributed by atoms with Gasteiger partial charge in [-0.2, -0.15) is 12.7 Å². The van der Waals surface area contributed by atoms with Gasteiger partial charge >= 0.3 is 10.2 Å². The van der Waals surface area contributed by atoms with E-state index in [4.69, 9.17) is 0 Å². The number of anilines is 1. The molecule has 1 heterocycles. The highest BCUT2D eigenvalue weighted by Crippen LogP contribution is 2.25. The molecular formula is C21H31F2N7O3S. The quantitative estimate of drug-likeness (QED) is 0.186. The van der Waals surface area contributed by atoms with Gasteiger partial charge in [0, 0.05) is 57.8 Å². The second-order valence-electron chi connectivity index (χ2n) is 7.68. The van der Waals surface area contributed by atoms with E-state index in [0.717, 1.165) is 42.6 Å². The highest BCUT2D eigenvalue weighted by atomic mass is 32.2. The van der Waals surface area contributed by atoms with E-state index >= 15 is 0 Å². The molecule has 1 aliphatic rings. The van der Waals surface area contributed by atoms with Gasteiger partial charge < -0.3 is 9.80 Å². The molecule has 0 unspecified atom stereocenters. The van der Waals surface area contributed by atoms with Gasteiger partial charge in [-0.25, -0.2) is 13.8 Å². The number of nitrogens with zero attached hydrogens (tertiary/aromatic N) is 5. The van der Waals surface area contributed by atoms with E-state index < -0.39 is 38.9 Å². The molecule has 0 spiro atoms. The summed E-state index contributed by atoms with van der Waals surface area (Å²) in [7, 11) is -0.740. The van der Waals surface area contributed by atoms with E-state index in [-0.39, 0.29) is 12.1 Å². The zero-order valence-electron chi connectivity index (χ0n) is 20.0. The van der Waals surface area contributed by atoms with Gasteiger partial charge in [-0.3, -0.25) is 14.9 Å². The summed E-state index contributed by atoms with van der Waals surface area (Å²) in [6.45, 7) is 7.99. The van der Waals surface area contributed by atoms with Crippen molar-refractivity contribution in [3.8, 4) is 0 Å². The number of aliphatic imine (C=N–C) groups is 1. The van der Waals surface area contributed by atoms with E-state index in [9.17, 15) is 22.0 Å². The molecule has 188 valence electrons. The summed E-state index contributed by atoms with van der Waals surface area (Å²) in [5.41, 5.74) is 1.18. The van der Waals surface area contributed by atoms with E-state index in [1.54, 1.807) is 20.1 Å². The first-order valence-electron chi connectivity index (χ1n) is 10.7. The Hall–Kier alpha value is -2.90. The standard InChI is InChI=1S/C21H31F2N7O3S/c1-6-24-21(30-12-10-28(4)11-13-30)26-25-14-15(3)20(31)18-16(22)8-9-17(19(18)23)27-34(32,33)29(5)7-2/h6,8-9,14,25,27H,7,10-13H2,1-5H3/b15-14+,24-6-,26-21+. The van der Waals surface area contributed by atoms with Crippen LogP contribution in [-0.2, 0) is 10.2 Å². The first kappa shape index (κ1) is 27.3. The van der Waals surface area contributed by atoms with Crippen LogP contribution in [0.2, 0.25) is 0 Å². The number of hydrogen-bond donors (Lipinski definition) is 2. The summed E-state index contributed by atoms with van der Waals surface area (Å²) in [6, 6.07) is 1.76. The number of nitrogens with one attached hydrogen (secondary N) is 2. The van der Waals surface area contributed by atoms with Gasteiger partial charge in [0.05, 0.1) is 11.3 Å². The SMILES string of the molecule is C/C=N\C(=N/N/C=C(\C)C(=O)c1c(F)ccc(NS(=O)(=O)N(C)CC)c1F)N1CCN(C)CC1. The maximum atomic E-state index is 15.0. The molecule has 0 atom stereocenters. The predicted molar refractivity (Wildman–Crippen MR) is 129 cm³/mol. The highest BCUT2D eigenvalue weighted by Gasteiger charge is 2.25. The summed E-state index contributed by atoms with van der Waals surface area (Å²) in [5.74, 6) is -2.95. The van der Waals surface area contributed by atoms with Crippen molar-refractivity contribution in [2.45, 2.75) is 20.8 Å². The van der Waals surface area contributed by atoms with Crippen molar-refractivity contribution in [2.24, 2.45) is 10.1 Å². The minimum absolute atomic E-state index is 0.0366. The van der Waals surface area contributed by atoms with E-state index in [0.29, 0.717) is 5.96 Å². The zero-order chi connectivity index (χ0) is 25.5. The van der Waals surface area contributed by atoms with Gasteiger partial charge in [-0.15, -0.1) is 5.10 Å². The van der Waals surface area contributed by atoms with Crippen molar-refractivity contribution in [1.29, 1.82) is 0 Å². The number of carbonyl (C=O) groups is 1. The molecule has 0 aromatic heterocycles. The third-order valence-electron chi connectivity index (χ3n) is 5.25. The molecule has 2 rings (SSSR count). The third kappa shape index (κ3) is 6.81. The zero-order valence-corrected chi connectivity index (χ0v) is 20.8. The van der Waals surface area contributed by atoms with E-state index in [2.05, 4.69) is 20.4 Å². The molecule has 0 amide bonds. The molecule has 10 nitrogen and oxygen atoms in total. The van der Waals surface area contributed by atoms with Crippen molar-refractivity contribution in [2.75, 3.05) is 51.5 Å². The lowest BCUT2D eigenvalue weighted by atomic mass is 10.0. The fourth-order valence-electron chi connectivity index (χ4n) is 2.98. The summed E-state index contributed by atoms with van der Waals surface area (Å²) in [6.07, 6.45) is 2.80. The molecule has 1 fully saturated rings. The van der Waals surface area contributed by atoms with Crippen molar-refractivity contribution < 1.29 is 22.0 Å². The van der Waals surface area contributed by atoms with Gasteiger partial charge in [0.2, 0.25) is 5.96 Å². The number of benzene rings is 1. The lowest BCUT2D eigenvalue weighted by Gasteiger charge is -2.32. The summed E-state index contributed by atoms with van der Waals surface area (Å²) in [4.78, 5) is 21.1. The lowest BCUT2D eigenvalue weighted by molar-refractivity contribution is 0.102. The van der Waals surface area contributed by atoms with Gasteiger partial charge in [-0.1, -0.05) is 6.92 Å². The number of halogens is 2. The van der Waals surface area contributed by atoms with Crippen LogP contribution >= 0.6 is 0 Å². The Labute approximate surface area is 199 Å². The fourth-order valence-corrected chi connectivity index (χ4v) is 3.91. The predicted octanol–water partition coefficient (Wildman–Crippen LogP) is 1.86. The normalized spacial score (nSPS) is 16.4. The molecule has 2 N–H and O–H groups in total. The molecule has 1 saturated heterocycles. The number of guanidine groups is 1. The van der Waals surface area contributed by atoms with Crippen LogP contribution in [0, 0.1) is 11.6 Å². The number of allylic oxidation sites excluding steroid dienone is 1. The van der Waals surface area contributed by atoms with Crippen LogP contribution in [0.4, 0.5) is 14.5 Å². The number of likely N-dealkylation sites (N-methyl/N-ethyl adjacent to an activating group) is 1. The van der Waals surface area contributed by atoms with Crippen molar-refractivity contribution >= 4 is 33.9 Å². The topological polar surface area (TPSA) is 110 Å². The van der Waals surface area contributed by atoms with Gasteiger partial charge in [-0.05, 0) is 33.0 Å². The summed E-state index contributed by atoms with van der Waals surface area (Å²) >= 11 is 0. The number of hydrogen-bond acceptors (Lipinski definition) is 6. The molecule has 1 aliphatic heterocycles. The molecule has 13 heteroatoms. The van der Waals surface area contributed by atoms with Crippen LogP contribution in [0.25, 0.3) is 0 Å². The molecule has 0 radical (unpaired) electrons. The summed E-state index contributed by atoms with van der Waals surface area (Å²) in [5, 5.41) is 4.18. The van der Waals surface area contributed by atoms with Crippen LogP contribution in [0.5, 0.6) is 0 Å². The Morgan fingerprint density at radius 3 is 2.47 bits per heavy atom. The number of carbonyl (C=O) groups excluding carboxylic acids is 1. The van der Waals surface area contributed by atoms with E-state index in [1.165, 1.54) is 20.2 Å². The Balaban J connectivity index is 2.24. The Morgan fingerprint density at radius 1 is 1.24 bits per heavy atom. The number of ketones is 1. The largest absolute Gasteiger partial charge is 0.337 e. The second-order valence-corrected chi connectivity index (χ2v) is 9.46. The van der Waals surface area contributed by atoms with Crippen LogP contribution in [0.3, 0.4) is 0 Å². The molecule has 34 heavy (non-hydrogen) atoms. The minimum Gasteiger partial charge on any atom is -0.337 e. The van der Waals surface area contributed by atoms with Crippen LogP contribution in [-0.4, -0.2) is 87.3 Å². The van der Waals surface area contributed by atoms with Gasteiger partial charge in [0.1, 0.15) is 5.82 Å². The lowest BCUT2D eigenvalue weighted by Crippen LogP contribution is -2.47. The average Bonchev–Trinajstić information content (AvgIpc) is 2.80. The maximum Gasteiger partial charge on any atom is 0.301 e. The molecule has 1 aromatic carbocycles. The molecule has 0 bridgehead atoms. The van der Waals surface area contributed by atoms with E-state index in [1.807, 2.05) is 16.7 Å². The molecule has 1 aromatic rings. The monoisotopic (exact) mass is 499 g/mol. The maximum absolute atomic E-state index is 15.0. The summed E-state index contributed by atoms with van der Waals surface area (Å²) < 4.78 is 56.7. The smallest absolute Gasteiger partial charge is 0.301 e. The van der Waals surface area contributed by atoms with Crippen molar-refractivity contribution in [3.05, 3.63) is 41.1 Å². The Bertz CT molecular complexity index is 1080. The average molecular weight is 500 g/mol. The van der Waals surface area contributed by atoms with Crippen molar-refractivity contribution in [1.82, 2.24) is 19.5 Å². The Kier molecular flexibility index (Phi) is 9.65. The molecular weight excluding hydrogens is 468 g/mol. The molecule has 0 aliphatic carbocycles. The number of hydrazone groups is 1. The van der Waals surface area contributed by atoms with Gasteiger partial charge in [0.15, 0.2) is 11.6 Å². The van der Waals surface area contributed by atoms with Crippen LogP contribution in [0.1, 0.15) is 31.1 Å². The van der Waals surface area contributed by atoms with Gasteiger partial charge in [0.25, 0.3) is 0 Å². The first-order valence-corrected chi connectivity index (χ1v) is 12.1. The second kappa shape index (κ2) is 12.0. The molecule has 0 saturated carbocycles. The first-order chi connectivity index (χ1) is 16.0. The van der Waals surface area contributed by atoms with Crippen molar-refractivity contribution in [3.63, 3.8) is 0 Å². The number of piperazine rings is 1.